The summed E-state index contributed by atoms with van der Waals surface area (Å²) in [5.41, 5.74) is 2.43. The average molecular weight is 369 g/mol. The van der Waals surface area contributed by atoms with Crippen molar-refractivity contribution in [2.75, 3.05) is 20.7 Å². The van der Waals surface area contributed by atoms with Gasteiger partial charge in [-0.15, -0.1) is 0 Å². The highest BCUT2D eigenvalue weighted by atomic mass is 79.9. The Hall–Kier alpha value is -1.03. The molecule has 0 heterocycles. The van der Waals surface area contributed by atoms with Crippen LogP contribution in [0, 0.1) is 0 Å². The van der Waals surface area contributed by atoms with E-state index >= 15 is 0 Å². The SMILES string of the molecule is CNCC(Cc1cc(Cl)ccc1OC)c1ccc(Br)cc1. The number of halogens is 2. The van der Waals surface area contributed by atoms with Crippen molar-refractivity contribution in [1.29, 1.82) is 0 Å². The molecule has 0 amide bonds. The largest absolute Gasteiger partial charge is 0.496 e. The number of benzene rings is 2. The summed E-state index contributed by atoms with van der Waals surface area (Å²) in [6.07, 6.45) is 0.881. The second kappa shape index (κ2) is 7.83. The minimum atomic E-state index is 0.371. The molecule has 0 aromatic heterocycles. The second-order valence-electron chi connectivity index (χ2n) is 4.97. The zero-order chi connectivity index (χ0) is 15.2. The standard InChI is InChI=1S/C17H19BrClNO/c1-20-11-14(12-3-5-15(18)6-4-12)9-13-10-16(19)7-8-17(13)21-2/h3-8,10,14,20H,9,11H2,1-2H3. The lowest BCUT2D eigenvalue weighted by Gasteiger charge is -2.19. The molecule has 0 saturated heterocycles. The van der Waals surface area contributed by atoms with Gasteiger partial charge in [-0.05, 0) is 54.9 Å². The molecule has 0 spiro atoms. The van der Waals surface area contributed by atoms with Gasteiger partial charge in [0.1, 0.15) is 5.75 Å². The lowest BCUT2D eigenvalue weighted by atomic mass is 9.91. The van der Waals surface area contributed by atoms with E-state index in [1.165, 1.54) is 5.56 Å². The summed E-state index contributed by atoms with van der Waals surface area (Å²) in [4.78, 5) is 0. The molecule has 4 heteroatoms. The summed E-state index contributed by atoms with van der Waals surface area (Å²) >= 11 is 9.60. The van der Waals surface area contributed by atoms with Crippen molar-refractivity contribution < 1.29 is 4.74 Å². The van der Waals surface area contributed by atoms with E-state index in [0.29, 0.717) is 5.92 Å². The Kier molecular flexibility index (Phi) is 6.09. The number of rotatable bonds is 6. The van der Waals surface area contributed by atoms with E-state index in [9.17, 15) is 0 Å². The van der Waals surface area contributed by atoms with E-state index in [0.717, 1.165) is 33.8 Å². The summed E-state index contributed by atoms with van der Waals surface area (Å²) < 4.78 is 6.54. The Morgan fingerprint density at radius 1 is 1.19 bits per heavy atom. The molecule has 2 nitrogen and oxygen atoms in total. The highest BCUT2D eigenvalue weighted by Gasteiger charge is 2.15. The van der Waals surface area contributed by atoms with E-state index < -0.39 is 0 Å². The molecule has 2 aromatic carbocycles. The summed E-state index contributed by atoms with van der Waals surface area (Å²) in [5, 5.41) is 4.01. The van der Waals surface area contributed by atoms with Crippen molar-refractivity contribution >= 4 is 27.5 Å². The molecule has 0 bridgehead atoms. The maximum Gasteiger partial charge on any atom is 0.122 e. The van der Waals surface area contributed by atoms with E-state index in [1.807, 2.05) is 25.2 Å². The first-order chi connectivity index (χ1) is 10.1. The fraction of sp³-hybridized carbons (Fsp3) is 0.294. The number of likely N-dealkylation sites (N-methyl/N-ethyl adjacent to an activating group) is 1. The number of hydrogen-bond acceptors (Lipinski definition) is 2. The third-order valence-electron chi connectivity index (χ3n) is 3.50. The van der Waals surface area contributed by atoms with Crippen LogP contribution in [0.1, 0.15) is 17.0 Å². The van der Waals surface area contributed by atoms with Crippen LogP contribution in [0.3, 0.4) is 0 Å². The zero-order valence-electron chi connectivity index (χ0n) is 12.2. The Morgan fingerprint density at radius 3 is 2.52 bits per heavy atom. The highest BCUT2D eigenvalue weighted by Crippen LogP contribution is 2.29. The topological polar surface area (TPSA) is 21.3 Å². The first kappa shape index (κ1) is 16.3. The van der Waals surface area contributed by atoms with Gasteiger partial charge in [0.05, 0.1) is 7.11 Å². The van der Waals surface area contributed by atoms with Crippen LogP contribution in [0.4, 0.5) is 0 Å². The molecule has 0 aliphatic carbocycles. The fourth-order valence-electron chi connectivity index (χ4n) is 2.46. The van der Waals surface area contributed by atoms with Crippen LogP contribution in [0.25, 0.3) is 0 Å². The zero-order valence-corrected chi connectivity index (χ0v) is 14.5. The molecule has 0 aliphatic rings. The quantitative estimate of drug-likeness (QED) is 0.801. The molecule has 2 rings (SSSR count). The number of hydrogen-bond donors (Lipinski definition) is 1. The maximum absolute atomic E-state index is 6.12. The van der Waals surface area contributed by atoms with Gasteiger partial charge in [-0.25, -0.2) is 0 Å². The van der Waals surface area contributed by atoms with Gasteiger partial charge < -0.3 is 10.1 Å². The predicted molar refractivity (Wildman–Crippen MR) is 92.5 cm³/mol. The summed E-state index contributed by atoms with van der Waals surface area (Å²) in [6, 6.07) is 14.2. The molecule has 2 aromatic rings. The van der Waals surface area contributed by atoms with Crippen LogP contribution in [0.5, 0.6) is 5.75 Å². The maximum atomic E-state index is 6.12. The molecule has 1 unspecified atom stereocenters. The number of methoxy groups -OCH3 is 1. The van der Waals surface area contributed by atoms with Crippen molar-refractivity contribution in [2.45, 2.75) is 12.3 Å². The molecule has 112 valence electrons. The first-order valence-electron chi connectivity index (χ1n) is 6.86. The van der Waals surface area contributed by atoms with E-state index in [-0.39, 0.29) is 0 Å². The molecule has 1 atom stereocenters. The predicted octanol–water partition coefficient (Wildman–Crippen LogP) is 4.66. The Labute approximate surface area is 139 Å². The number of nitrogens with one attached hydrogen (secondary N) is 1. The molecule has 1 N–H and O–H groups in total. The Balaban J connectivity index is 2.27. The van der Waals surface area contributed by atoms with E-state index in [2.05, 4.69) is 45.5 Å². The van der Waals surface area contributed by atoms with Crippen LogP contribution in [-0.2, 0) is 6.42 Å². The minimum Gasteiger partial charge on any atom is -0.496 e. The van der Waals surface area contributed by atoms with Gasteiger partial charge in [0.2, 0.25) is 0 Å². The fourth-order valence-corrected chi connectivity index (χ4v) is 2.92. The van der Waals surface area contributed by atoms with Crippen LogP contribution in [0.2, 0.25) is 5.02 Å². The van der Waals surface area contributed by atoms with Crippen molar-refractivity contribution in [3.63, 3.8) is 0 Å². The van der Waals surface area contributed by atoms with Gasteiger partial charge in [-0.1, -0.05) is 39.7 Å². The van der Waals surface area contributed by atoms with Crippen molar-refractivity contribution in [3.8, 4) is 5.75 Å². The lowest BCUT2D eigenvalue weighted by Crippen LogP contribution is -2.19. The third kappa shape index (κ3) is 4.47. The van der Waals surface area contributed by atoms with E-state index in [1.54, 1.807) is 7.11 Å². The summed E-state index contributed by atoms with van der Waals surface area (Å²) in [7, 11) is 3.67. The highest BCUT2D eigenvalue weighted by molar-refractivity contribution is 9.10. The molecule has 0 radical (unpaired) electrons. The lowest BCUT2D eigenvalue weighted by molar-refractivity contribution is 0.407. The minimum absolute atomic E-state index is 0.371. The molecule has 21 heavy (non-hydrogen) atoms. The average Bonchev–Trinajstić information content (AvgIpc) is 2.48. The van der Waals surface area contributed by atoms with Crippen molar-refractivity contribution in [2.24, 2.45) is 0 Å². The van der Waals surface area contributed by atoms with Gasteiger partial charge >= 0.3 is 0 Å². The first-order valence-corrected chi connectivity index (χ1v) is 8.03. The summed E-state index contributed by atoms with van der Waals surface area (Å²) in [5.74, 6) is 1.26. The molecular weight excluding hydrogens is 350 g/mol. The van der Waals surface area contributed by atoms with E-state index in [4.69, 9.17) is 16.3 Å². The monoisotopic (exact) mass is 367 g/mol. The number of ether oxygens (including phenoxy) is 1. The van der Waals surface area contributed by atoms with Gasteiger partial charge in [0.25, 0.3) is 0 Å². The molecule has 0 saturated carbocycles. The van der Waals surface area contributed by atoms with Crippen LogP contribution >= 0.6 is 27.5 Å². The van der Waals surface area contributed by atoms with Crippen LogP contribution in [-0.4, -0.2) is 20.7 Å². The molecule has 0 fully saturated rings. The van der Waals surface area contributed by atoms with Gasteiger partial charge in [-0.2, -0.15) is 0 Å². The van der Waals surface area contributed by atoms with Crippen molar-refractivity contribution in [3.05, 3.63) is 63.1 Å². The third-order valence-corrected chi connectivity index (χ3v) is 4.26. The van der Waals surface area contributed by atoms with Crippen molar-refractivity contribution in [1.82, 2.24) is 5.32 Å². The Bertz CT molecular complexity index is 586. The van der Waals surface area contributed by atoms with Gasteiger partial charge in [-0.3, -0.25) is 0 Å². The normalized spacial score (nSPS) is 12.2. The van der Waals surface area contributed by atoms with Gasteiger partial charge in [0, 0.05) is 22.0 Å². The van der Waals surface area contributed by atoms with Gasteiger partial charge in [0.15, 0.2) is 0 Å². The van der Waals surface area contributed by atoms with Crippen LogP contribution in [0.15, 0.2) is 46.9 Å². The molecular formula is C17H19BrClNO. The molecule has 0 aliphatic heterocycles. The Morgan fingerprint density at radius 2 is 1.90 bits per heavy atom. The summed E-state index contributed by atoms with van der Waals surface area (Å²) in [6.45, 7) is 0.900. The van der Waals surface area contributed by atoms with Crippen LogP contribution < -0.4 is 10.1 Å². The smallest absolute Gasteiger partial charge is 0.122 e. The second-order valence-corrected chi connectivity index (χ2v) is 6.32.